The van der Waals surface area contributed by atoms with Gasteiger partial charge in [-0.15, -0.1) is 0 Å². The van der Waals surface area contributed by atoms with E-state index in [1.807, 2.05) is 58.1 Å². The zero-order valence-electron chi connectivity index (χ0n) is 44.7. The summed E-state index contributed by atoms with van der Waals surface area (Å²) in [6, 6.07) is -1.08. The number of hydrogen-bond acceptors (Lipinski definition) is 14. The maximum atomic E-state index is 14.6. The van der Waals surface area contributed by atoms with Crippen LogP contribution in [0.2, 0.25) is 0 Å². The standard InChI is InChI=1S/C56H89NO14/c1-33-17-13-12-14-18-34(2)46(65-9)30-42-21-20-40(8)56(64,71-42)53(61)54(62)57-23-16-15-19-44(57)55(63)70-47(31-45(58)35(3)26-38(6)50(60)52(67-11)49(59)37(5)25-33)36(4)27-41-28-39(7)51(48(29-41)66-10)69-43-22-24-68-32-43/h12-14,17-18,26,33,35-37,39-44,46-48,50-53,60-61,64H,15-16,19-25,27-32H2,1-11H3/b14-12+,17-13+,34-18+,38-26+/t33-,35-,36+,37-,39+,40-,41?,42+,43?,44+,46+,47+,48?,50?,51?,52+,53?,56-/m1/s1. The van der Waals surface area contributed by atoms with Crippen LogP contribution in [0.4, 0.5) is 0 Å². The van der Waals surface area contributed by atoms with Crippen LogP contribution in [0.3, 0.4) is 0 Å². The number of hydrogen-bond donors (Lipinski definition) is 3. The van der Waals surface area contributed by atoms with Gasteiger partial charge in [-0.2, -0.15) is 0 Å². The van der Waals surface area contributed by atoms with Gasteiger partial charge in [0.15, 0.2) is 11.9 Å². The van der Waals surface area contributed by atoms with E-state index in [4.69, 9.17) is 33.2 Å². The SMILES string of the molecule is COC1CC(C[C@H](C)[C@@H]2CC(=O)[C@H](C)/C=C(\C)C(O)[C@@H](OC)C(=O)[C@H](C)C[C@H](C)/C=C/C=C/C=C(\C)[C@@H](OC)C[C@@H]3CC[C@@H](C)[C@@](O)(O3)C(O)C(=O)N3CCCC[C@H]3C(=O)O2)C[C@H](C)C1OC1CCOC1. The summed E-state index contributed by atoms with van der Waals surface area (Å²) in [7, 11) is 4.70. The van der Waals surface area contributed by atoms with E-state index in [0.29, 0.717) is 70.2 Å². The lowest BCUT2D eigenvalue weighted by Gasteiger charge is -2.46. The molecule has 4 heterocycles. The summed E-state index contributed by atoms with van der Waals surface area (Å²) < 4.78 is 42.3. The molecule has 1 amide bonds. The Morgan fingerprint density at radius 1 is 0.859 bits per heavy atom. The average Bonchev–Trinajstić information content (AvgIpc) is 3.87. The van der Waals surface area contributed by atoms with E-state index in [1.165, 1.54) is 12.0 Å². The van der Waals surface area contributed by atoms with Gasteiger partial charge in [-0.05, 0) is 113 Å². The van der Waals surface area contributed by atoms with Gasteiger partial charge in [0.1, 0.15) is 30.1 Å². The fourth-order valence-corrected chi connectivity index (χ4v) is 11.7. The smallest absolute Gasteiger partial charge is 0.329 e. The first-order chi connectivity index (χ1) is 33.7. The monoisotopic (exact) mass is 1000 g/mol. The molecule has 15 nitrogen and oxygen atoms in total. The first-order valence-corrected chi connectivity index (χ1v) is 26.6. The van der Waals surface area contributed by atoms with Crippen molar-refractivity contribution in [3.8, 4) is 0 Å². The molecule has 6 unspecified atom stereocenters. The summed E-state index contributed by atoms with van der Waals surface area (Å²) in [4.78, 5) is 58.5. The number of aliphatic hydroxyl groups excluding tert-OH is 2. The summed E-state index contributed by atoms with van der Waals surface area (Å²) in [6.45, 7) is 16.5. The topological polar surface area (TPSA) is 197 Å². The van der Waals surface area contributed by atoms with Crippen molar-refractivity contribution in [1.29, 1.82) is 0 Å². The van der Waals surface area contributed by atoms with Gasteiger partial charge >= 0.3 is 5.97 Å². The minimum absolute atomic E-state index is 0.0263. The number of cyclic esters (lactones) is 1. The molecule has 15 heteroatoms. The summed E-state index contributed by atoms with van der Waals surface area (Å²) in [5.74, 6) is -5.95. The second-order valence-electron chi connectivity index (χ2n) is 21.9. The molecule has 0 spiro atoms. The molecule has 402 valence electrons. The molecule has 5 rings (SSSR count). The molecule has 4 aliphatic heterocycles. The van der Waals surface area contributed by atoms with E-state index in [2.05, 4.69) is 6.92 Å². The quantitative estimate of drug-likeness (QED) is 0.166. The van der Waals surface area contributed by atoms with Gasteiger partial charge in [0.25, 0.3) is 5.91 Å². The highest BCUT2D eigenvalue weighted by molar-refractivity contribution is 5.89. The average molecular weight is 1000 g/mol. The minimum atomic E-state index is -2.24. The van der Waals surface area contributed by atoms with E-state index in [0.717, 1.165) is 18.4 Å². The van der Waals surface area contributed by atoms with E-state index < -0.39 is 72.0 Å². The molecule has 18 atom stereocenters. The van der Waals surface area contributed by atoms with Crippen LogP contribution >= 0.6 is 0 Å². The van der Waals surface area contributed by atoms with Gasteiger partial charge in [-0.1, -0.05) is 78.0 Å². The molecule has 0 radical (unpaired) electrons. The minimum Gasteiger partial charge on any atom is -0.460 e. The van der Waals surface area contributed by atoms with Crippen LogP contribution in [-0.2, 0) is 52.3 Å². The highest BCUT2D eigenvalue weighted by Gasteiger charge is 2.53. The number of esters is 1. The Morgan fingerprint density at radius 3 is 2.28 bits per heavy atom. The maximum Gasteiger partial charge on any atom is 0.329 e. The van der Waals surface area contributed by atoms with Crippen LogP contribution in [0.15, 0.2) is 47.6 Å². The molecule has 5 aliphatic rings. The number of aliphatic hydroxyl groups is 3. The van der Waals surface area contributed by atoms with Crippen molar-refractivity contribution in [3.63, 3.8) is 0 Å². The van der Waals surface area contributed by atoms with Gasteiger partial charge < -0.3 is 53.4 Å². The van der Waals surface area contributed by atoms with E-state index in [-0.39, 0.29) is 79.0 Å². The van der Waals surface area contributed by atoms with E-state index in [1.54, 1.807) is 41.1 Å². The predicted octanol–water partition coefficient (Wildman–Crippen LogP) is 7.03. The fraction of sp³-hybridized carbons (Fsp3) is 0.786. The number of carbonyl (C=O) groups is 4. The number of carbonyl (C=O) groups excluding carboxylic acids is 4. The molecule has 4 fully saturated rings. The number of ketones is 2. The van der Waals surface area contributed by atoms with E-state index in [9.17, 15) is 34.5 Å². The van der Waals surface area contributed by atoms with Crippen molar-refractivity contribution in [3.05, 3.63) is 47.6 Å². The number of piperidine rings is 1. The lowest BCUT2D eigenvalue weighted by atomic mass is 9.74. The molecule has 2 bridgehead atoms. The van der Waals surface area contributed by atoms with Gasteiger partial charge in [-0.25, -0.2) is 4.79 Å². The lowest BCUT2D eigenvalue weighted by Crippen LogP contribution is -2.63. The fourth-order valence-electron chi connectivity index (χ4n) is 11.7. The summed E-state index contributed by atoms with van der Waals surface area (Å²) in [5.41, 5.74) is 1.31. The molecule has 3 saturated heterocycles. The van der Waals surface area contributed by atoms with Crippen molar-refractivity contribution in [2.75, 3.05) is 41.1 Å². The second kappa shape index (κ2) is 27.4. The number of amides is 1. The summed E-state index contributed by atoms with van der Waals surface area (Å²) >= 11 is 0. The molecule has 1 saturated carbocycles. The van der Waals surface area contributed by atoms with Crippen LogP contribution < -0.4 is 0 Å². The van der Waals surface area contributed by atoms with Gasteiger partial charge in [0, 0.05) is 65.1 Å². The first-order valence-electron chi connectivity index (χ1n) is 26.6. The Kier molecular flexibility index (Phi) is 22.7. The maximum absolute atomic E-state index is 14.6. The number of rotatable bonds is 8. The molecular formula is C56H89NO14. The number of Topliss-reactive ketones (excluding diaryl/α,β-unsaturated/α-hetero) is 2. The summed E-state index contributed by atoms with van der Waals surface area (Å²) in [5, 5.41) is 35.5. The molecule has 0 aromatic rings. The highest BCUT2D eigenvalue weighted by Crippen LogP contribution is 2.40. The summed E-state index contributed by atoms with van der Waals surface area (Å²) in [6.07, 6.45) is 11.1. The second-order valence-corrected chi connectivity index (χ2v) is 21.9. The number of nitrogens with zero attached hydrogens (tertiary/aromatic N) is 1. The number of allylic oxidation sites excluding steroid dienone is 6. The van der Waals surface area contributed by atoms with Crippen molar-refractivity contribution in [1.82, 2.24) is 4.90 Å². The number of methoxy groups -OCH3 is 3. The molecule has 0 aromatic heterocycles. The largest absolute Gasteiger partial charge is 0.460 e. The molecular weight excluding hydrogens is 911 g/mol. The van der Waals surface area contributed by atoms with Gasteiger partial charge in [0.05, 0.1) is 37.1 Å². The van der Waals surface area contributed by atoms with Crippen molar-refractivity contribution in [2.24, 2.45) is 41.4 Å². The predicted molar refractivity (Wildman–Crippen MR) is 269 cm³/mol. The third-order valence-electron chi connectivity index (χ3n) is 16.2. The lowest BCUT2D eigenvalue weighted by molar-refractivity contribution is -0.317. The number of ether oxygens (including phenoxy) is 7. The van der Waals surface area contributed by atoms with Crippen LogP contribution in [0.1, 0.15) is 132 Å². The normalized spacial score (nSPS) is 42.3. The van der Waals surface area contributed by atoms with Crippen molar-refractivity contribution >= 4 is 23.4 Å². The third kappa shape index (κ3) is 15.5. The third-order valence-corrected chi connectivity index (χ3v) is 16.2. The molecule has 1 aliphatic carbocycles. The Hall–Kier alpha value is -3.12. The van der Waals surface area contributed by atoms with Crippen LogP contribution in [0, 0.1) is 41.4 Å². The van der Waals surface area contributed by atoms with E-state index >= 15 is 0 Å². The zero-order chi connectivity index (χ0) is 52.2. The Morgan fingerprint density at radius 2 is 1.61 bits per heavy atom. The van der Waals surface area contributed by atoms with Crippen LogP contribution in [0.25, 0.3) is 0 Å². The van der Waals surface area contributed by atoms with Crippen LogP contribution in [-0.4, -0.2) is 152 Å². The first kappa shape index (κ1) is 58.8. The molecule has 71 heavy (non-hydrogen) atoms. The Balaban J connectivity index is 1.46. The Labute approximate surface area is 424 Å². The van der Waals surface area contributed by atoms with Gasteiger partial charge in [-0.3, -0.25) is 14.4 Å². The molecule has 0 aromatic carbocycles. The molecule has 3 N–H and O–H groups in total. The van der Waals surface area contributed by atoms with Crippen molar-refractivity contribution in [2.45, 2.75) is 199 Å². The van der Waals surface area contributed by atoms with Crippen molar-refractivity contribution < 1.29 is 67.7 Å². The highest BCUT2D eigenvalue weighted by atomic mass is 16.6. The Bertz CT molecular complexity index is 1880. The zero-order valence-corrected chi connectivity index (χ0v) is 44.7. The van der Waals surface area contributed by atoms with Gasteiger partial charge in [0.2, 0.25) is 5.79 Å². The number of fused-ring (bicyclic) bond motifs is 3. The van der Waals surface area contributed by atoms with Crippen LogP contribution in [0.5, 0.6) is 0 Å².